The van der Waals surface area contributed by atoms with Crippen molar-refractivity contribution in [1.29, 1.82) is 0 Å². The second kappa shape index (κ2) is 4.93. The molecule has 0 saturated heterocycles. The lowest BCUT2D eigenvalue weighted by Gasteiger charge is -2.12. The van der Waals surface area contributed by atoms with Crippen LogP contribution in [-0.4, -0.2) is 41.4 Å². The molecule has 1 rings (SSSR count). The van der Waals surface area contributed by atoms with Crippen molar-refractivity contribution in [1.82, 2.24) is 14.9 Å². The summed E-state index contributed by atoms with van der Waals surface area (Å²) in [5, 5.41) is 3.30. The Bertz CT molecular complexity index is 367. The lowest BCUT2D eigenvalue weighted by Crippen LogP contribution is -2.29. The van der Waals surface area contributed by atoms with Crippen LogP contribution in [0.5, 0.6) is 0 Å². The molecule has 15 heavy (non-hydrogen) atoms. The van der Waals surface area contributed by atoms with Crippen molar-refractivity contribution in [2.24, 2.45) is 0 Å². The molecule has 1 heterocycles. The van der Waals surface area contributed by atoms with E-state index in [2.05, 4.69) is 15.3 Å². The third kappa shape index (κ3) is 3.06. The van der Waals surface area contributed by atoms with E-state index in [0.29, 0.717) is 11.0 Å². The molecule has 0 bridgehead atoms. The number of aromatic nitrogens is 2. The zero-order valence-corrected chi connectivity index (χ0v) is 9.67. The first-order chi connectivity index (χ1) is 7.02. The van der Waals surface area contributed by atoms with Crippen molar-refractivity contribution in [2.45, 2.75) is 6.92 Å². The predicted octanol–water partition coefficient (Wildman–Crippen LogP) is 0.939. The number of hydrogen-bond acceptors (Lipinski definition) is 4. The molecule has 1 aromatic rings. The molecule has 1 amide bonds. The highest BCUT2D eigenvalue weighted by Gasteiger charge is 2.07. The van der Waals surface area contributed by atoms with Crippen LogP contribution in [0.3, 0.4) is 0 Å². The normalized spacial score (nSPS) is 9.87. The third-order valence-corrected chi connectivity index (χ3v) is 2.31. The van der Waals surface area contributed by atoms with Gasteiger partial charge in [0.2, 0.25) is 5.91 Å². The van der Waals surface area contributed by atoms with E-state index in [4.69, 9.17) is 11.6 Å². The van der Waals surface area contributed by atoms with Gasteiger partial charge >= 0.3 is 0 Å². The topological polar surface area (TPSA) is 58.1 Å². The highest BCUT2D eigenvalue weighted by Crippen LogP contribution is 2.17. The summed E-state index contributed by atoms with van der Waals surface area (Å²) < 4.78 is 0. The highest BCUT2D eigenvalue weighted by atomic mass is 35.5. The van der Waals surface area contributed by atoms with E-state index in [1.165, 1.54) is 11.2 Å². The summed E-state index contributed by atoms with van der Waals surface area (Å²) in [4.78, 5) is 20.6. The van der Waals surface area contributed by atoms with Gasteiger partial charge in [-0.3, -0.25) is 4.79 Å². The van der Waals surface area contributed by atoms with Gasteiger partial charge in [-0.15, -0.1) is 0 Å². The van der Waals surface area contributed by atoms with Crippen LogP contribution in [-0.2, 0) is 4.79 Å². The Morgan fingerprint density at radius 3 is 2.80 bits per heavy atom. The second-order valence-corrected chi connectivity index (χ2v) is 3.64. The molecular formula is C9H13ClN4O. The minimum absolute atomic E-state index is 0.0239. The van der Waals surface area contributed by atoms with Crippen LogP contribution >= 0.6 is 11.6 Å². The van der Waals surface area contributed by atoms with E-state index >= 15 is 0 Å². The molecule has 0 aliphatic heterocycles. The SMILES string of the molecule is Cc1c(Cl)ncnc1NCC(=O)N(C)C. The number of nitrogens with one attached hydrogen (secondary N) is 1. The van der Waals surface area contributed by atoms with Crippen LogP contribution in [0, 0.1) is 6.92 Å². The molecule has 82 valence electrons. The van der Waals surface area contributed by atoms with E-state index in [-0.39, 0.29) is 12.5 Å². The Balaban J connectivity index is 2.66. The molecule has 0 spiro atoms. The van der Waals surface area contributed by atoms with E-state index in [1.54, 1.807) is 21.0 Å². The number of carbonyl (C=O) groups excluding carboxylic acids is 1. The smallest absolute Gasteiger partial charge is 0.241 e. The fourth-order valence-corrected chi connectivity index (χ4v) is 1.06. The molecule has 0 aliphatic rings. The minimum atomic E-state index is -0.0239. The standard InChI is InChI=1S/C9H13ClN4O/c1-6-8(10)12-5-13-9(6)11-4-7(15)14(2)3/h5H,4H2,1-3H3,(H,11,12,13). The van der Waals surface area contributed by atoms with Gasteiger partial charge in [0.25, 0.3) is 0 Å². The third-order valence-electron chi connectivity index (χ3n) is 1.93. The van der Waals surface area contributed by atoms with Gasteiger partial charge in [-0.05, 0) is 6.92 Å². The Labute approximate surface area is 93.5 Å². The number of hydrogen-bond donors (Lipinski definition) is 1. The summed E-state index contributed by atoms with van der Waals surface area (Å²) in [5.74, 6) is 0.564. The van der Waals surface area contributed by atoms with E-state index in [1.807, 2.05) is 0 Å². The van der Waals surface area contributed by atoms with Gasteiger partial charge in [0, 0.05) is 19.7 Å². The molecule has 6 heteroatoms. The first kappa shape index (κ1) is 11.7. The van der Waals surface area contributed by atoms with Gasteiger partial charge < -0.3 is 10.2 Å². The summed E-state index contributed by atoms with van der Waals surface area (Å²) in [6.45, 7) is 1.99. The fraction of sp³-hybridized carbons (Fsp3) is 0.444. The van der Waals surface area contributed by atoms with Crippen molar-refractivity contribution in [3.8, 4) is 0 Å². The van der Waals surface area contributed by atoms with E-state index < -0.39 is 0 Å². The molecule has 0 unspecified atom stereocenters. The summed E-state index contributed by atoms with van der Waals surface area (Å²) in [7, 11) is 3.40. The lowest BCUT2D eigenvalue weighted by atomic mass is 10.3. The lowest BCUT2D eigenvalue weighted by molar-refractivity contribution is -0.126. The van der Waals surface area contributed by atoms with Crippen molar-refractivity contribution in [2.75, 3.05) is 26.0 Å². The Morgan fingerprint density at radius 1 is 1.53 bits per heavy atom. The van der Waals surface area contributed by atoms with Crippen LogP contribution < -0.4 is 5.32 Å². The number of amides is 1. The molecule has 5 nitrogen and oxygen atoms in total. The average molecular weight is 229 g/mol. The Hall–Kier alpha value is -1.36. The molecule has 0 radical (unpaired) electrons. The molecule has 1 N–H and O–H groups in total. The number of rotatable bonds is 3. The highest BCUT2D eigenvalue weighted by molar-refractivity contribution is 6.30. The maximum atomic E-state index is 11.3. The number of halogens is 1. The number of carbonyl (C=O) groups is 1. The zero-order valence-electron chi connectivity index (χ0n) is 8.91. The number of likely N-dealkylation sites (N-methyl/N-ethyl adjacent to an activating group) is 1. The largest absolute Gasteiger partial charge is 0.361 e. The monoisotopic (exact) mass is 228 g/mol. The molecule has 0 saturated carbocycles. The first-order valence-electron chi connectivity index (χ1n) is 4.43. The Kier molecular flexibility index (Phi) is 3.85. The molecule has 0 aromatic carbocycles. The van der Waals surface area contributed by atoms with Crippen molar-refractivity contribution in [3.63, 3.8) is 0 Å². The van der Waals surface area contributed by atoms with Gasteiger partial charge in [-0.1, -0.05) is 11.6 Å². The maximum Gasteiger partial charge on any atom is 0.241 e. The molecular weight excluding hydrogens is 216 g/mol. The molecule has 1 aromatic heterocycles. The predicted molar refractivity (Wildman–Crippen MR) is 59.0 cm³/mol. The van der Waals surface area contributed by atoms with E-state index in [9.17, 15) is 4.79 Å². The van der Waals surface area contributed by atoms with Gasteiger partial charge in [0.15, 0.2) is 0 Å². The quantitative estimate of drug-likeness (QED) is 0.783. The maximum absolute atomic E-state index is 11.3. The zero-order chi connectivity index (χ0) is 11.4. The average Bonchev–Trinajstić information content (AvgIpc) is 2.19. The van der Waals surface area contributed by atoms with E-state index in [0.717, 1.165) is 5.56 Å². The number of anilines is 1. The fourth-order valence-electron chi connectivity index (χ4n) is 0.924. The van der Waals surface area contributed by atoms with Gasteiger partial charge in [0.05, 0.1) is 6.54 Å². The molecule has 0 atom stereocenters. The number of nitrogens with zero attached hydrogens (tertiary/aromatic N) is 3. The van der Waals surface area contributed by atoms with Crippen LogP contribution in [0.1, 0.15) is 5.56 Å². The van der Waals surface area contributed by atoms with Crippen LogP contribution in [0.25, 0.3) is 0 Å². The molecule has 0 aliphatic carbocycles. The van der Waals surface area contributed by atoms with Gasteiger partial charge in [-0.2, -0.15) is 0 Å². The second-order valence-electron chi connectivity index (χ2n) is 3.28. The van der Waals surface area contributed by atoms with Gasteiger partial charge in [-0.25, -0.2) is 9.97 Å². The van der Waals surface area contributed by atoms with Crippen molar-refractivity contribution >= 4 is 23.3 Å². The summed E-state index contributed by atoms with van der Waals surface area (Å²) in [6.07, 6.45) is 1.36. The van der Waals surface area contributed by atoms with Crippen LogP contribution in [0.15, 0.2) is 6.33 Å². The van der Waals surface area contributed by atoms with Crippen LogP contribution in [0.4, 0.5) is 5.82 Å². The van der Waals surface area contributed by atoms with Crippen LogP contribution in [0.2, 0.25) is 5.15 Å². The van der Waals surface area contributed by atoms with Crippen molar-refractivity contribution in [3.05, 3.63) is 17.0 Å². The summed E-state index contributed by atoms with van der Waals surface area (Å²) >= 11 is 5.81. The van der Waals surface area contributed by atoms with Gasteiger partial charge in [0.1, 0.15) is 17.3 Å². The van der Waals surface area contributed by atoms with Crippen molar-refractivity contribution < 1.29 is 4.79 Å². The summed E-state index contributed by atoms with van der Waals surface area (Å²) in [5.41, 5.74) is 0.741. The minimum Gasteiger partial charge on any atom is -0.361 e. The molecule has 0 fully saturated rings. The summed E-state index contributed by atoms with van der Waals surface area (Å²) in [6, 6.07) is 0. The Morgan fingerprint density at radius 2 is 2.20 bits per heavy atom. The first-order valence-corrected chi connectivity index (χ1v) is 4.81.